The molecule has 0 saturated carbocycles. The van der Waals surface area contributed by atoms with Crippen molar-refractivity contribution < 1.29 is 31.1 Å². The van der Waals surface area contributed by atoms with Gasteiger partial charge in [-0.15, -0.1) is 4.40 Å². The third kappa shape index (κ3) is 4.83. The van der Waals surface area contributed by atoms with E-state index in [2.05, 4.69) is 14.4 Å². The van der Waals surface area contributed by atoms with Crippen molar-refractivity contribution in [1.82, 2.24) is 4.90 Å². The summed E-state index contributed by atoms with van der Waals surface area (Å²) < 4.78 is 67.5. The number of benzene rings is 2. The zero-order valence-electron chi connectivity index (χ0n) is 17.2. The lowest BCUT2D eigenvalue weighted by Crippen LogP contribution is -2.41. The molecular weight excluding hydrogens is 475 g/mol. The van der Waals surface area contributed by atoms with Crippen LogP contribution in [0.2, 0.25) is 0 Å². The summed E-state index contributed by atoms with van der Waals surface area (Å²) in [4.78, 5) is 14.2. The Morgan fingerprint density at radius 2 is 1.91 bits per heavy atom. The normalized spacial score (nSPS) is 17.8. The van der Waals surface area contributed by atoms with Gasteiger partial charge in [0.1, 0.15) is 22.0 Å². The zero-order valence-corrected chi connectivity index (χ0v) is 18.9. The van der Waals surface area contributed by atoms with Crippen molar-refractivity contribution >= 4 is 43.2 Å². The number of sulfonamides is 2. The zero-order chi connectivity index (χ0) is 24.0. The summed E-state index contributed by atoms with van der Waals surface area (Å²) in [5.41, 5.74) is 0.480. The molecule has 0 unspecified atom stereocenters. The molecule has 2 aromatic carbocycles. The first-order valence-corrected chi connectivity index (χ1v) is 13.0. The highest BCUT2D eigenvalue weighted by Gasteiger charge is 2.35. The fourth-order valence-electron chi connectivity index (χ4n) is 3.49. The number of aliphatic hydroxyl groups is 1. The predicted octanol–water partition coefficient (Wildman–Crippen LogP) is 1.95. The number of aliphatic hydroxyl groups excluding tert-OH is 1. The van der Waals surface area contributed by atoms with Gasteiger partial charge in [0, 0.05) is 25.2 Å². The monoisotopic (exact) mass is 494 g/mol. The molecule has 0 saturated heterocycles. The van der Waals surface area contributed by atoms with Crippen LogP contribution < -0.4 is 10.0 Å². The average Bonchev–Trinajstić information content (AvgIpc) is 2.71. The van der Waals surface area contributed by atoms with E-state index in [-0.39, 0.29) is 52.9 Å². The van der Waals surface area contributed by atoms with Gasteiger partial charge >= 0.3 is 0 Å². The number of hydrogen-bond acceptors (Lipinski definition) is 7. The SMILES string of the molecule is CS(=O)(=O)Nc1ccc2c(c1)S(=O)(=O)N=C(C1=C(O)CCN(Cc3ccc(F)cc3)C1=O)N2. The smallest absolute Gasteiger partial charge is 0.286 e. The molecule has 0 spiro atoms. The molecule has 0 aromatic heterocycles. The van der Waals surface area contributed by atoms with Gasteiger partial charge in [0.2, 0.25) is 10.0 Å². The summed E-state index contributed by atoms with van der Waals surface area (Å²) in [7, 11) is -7.94. The average molecular weight is 495 g/mol. The van der Waals surface area contributed by atoms with Crippen LogP contribution in [0, 0.1) is 5.82 Å². The van der Waals surface area contributed by atoms with Gasteiger partial charge in [-0.25, -0.2) is 12.8 Å². The number of halogens is 1. The van der Waals surface area contributed by atoms with E-state index < -0.39 is 31.8 Å². The van der Waals surface area contributed by atoms with E-state index in [0.717, 1.165) is 12.3 Å². The van der Waals surface area contributed by atoms with Crippen molar-refractivity contribution in [1.29, 1.82) is 0 Å². The number of fused-ring (bicyclic) bond motifs is 1. The first-order valence-electron chi connectivity index (χ1n) is 9.63. The van der Waals surface area contributed by atoms with Crippen LogP contribution in [-0.2, 0) is 31.4 Å². The Morgan fingerprint density at radius 3 is 2.58 bits per heavy atom. The second kappa shape index (κ2) is 8.15. The molecule has 1 amide bonds. The van der Waals surface area contributed by atoms with Crippen molar-refractivity contribution in [3.8, 4) is 0 Å². The largest absolute Gasteiger partial charge is 0.511 e. The quantitative estimate of drug-likeness (QED) is 0.576. The van der Waals surface area contributed by atoms with Crippen LogP contribution in [0.3, 0.4) is 0 Å². The van der Waals surface area contributed by atoms with E-state index in [1.165, 1.54) is 41.3 Å². The molecule has 0 bridgehead atoms. The highest BCUT2D eigenvalue weighted by molar-refractivity contribution is 7.92. The van der Waals surface area contributed by atoms with Crippen LogP contribution in [0.25, 0.3) is 0 Å². The van der Waals surface area contributed by atoms with Crippen molar-refractivity contribution in [3.05, 3.63) is 65.2 Å². The summed E-state index contributed by atoms with van der Waals surface area (Å²) in [6.45, 7) is 0.315. The highest BCUT2D eigenvalue weighted by Crippen LogP contribution is 2.33. The van der Waals surface area contributed by atoms with Crippen molar-refractivity contribution in [3.63, 3.8) is 0 Å². The number of anilines is 2. The Balaban J connectivity index is 1.65. The number of amides is 1. The third-order valence-electron chi connectivity index (χ3n) is 4.96. The summed E-state index contributed by atoms with van der Waals surface area (Å²) in [6, 6.07) is 9.37. The molecule has 174 valence electrons. The van der Waals surface area contributed by atoms with Gasteiger partial charge in [0.05, 0.1) is 11.9 Å². The first kappa shape index (κ1) is 22.7. The van der Waals surface area contributed by atoms with Crippen LogP contribution in [0.4, 0.5) is 15.8 Å². The van der Waals surface area contributed by atoms with E-state index in [1.54, 1.807) is 0 Å². The van der Waals surface area contributed by atoms with Crippen molar-refractivity contribution in [2.24, 2.45) is 4.40 Å². The second-order valence-corrected chi connectivity index (χ2v) is 10.9. The summed E-state index contributed by atoms with van der Waals surface area (Å²) in [5.74, 6) is -1.70. The molecule has 3 N–H and O–H groups in total. The number of hydrogen-bond donors (Lipinski definition) is 3. The molecule has 0 aliphatic carbocycles. The minimum Gasteiger partial charge on any atom is -0.511 e. The topological polar surface area (TPSA) is 145 Å². The molecule has 33 heavy (non-hydrogen) atoms. The molecule has 0 radical (unpaired) electrons. The first-order chi connectivity index (χ1) is 15.4. The Bertz CT molecular complexity index is 1420. The van der Waals surface area contributed by atoms with Crippen molar-refractivity contribution in [2.45, 2.75) is 17.9 Å². The van der Waals surface area contributed by atoms with Gasteiger partial charge in [0.25, 0.3) is 15.9 Å². The second-order valence-electron chi connectivity index (χ2n) is 7.55. The number of rotatable bonds is 5. The van der Waals surface area contributed by atoms with Crippen LogP contribution in [0.15, 0.2) is 63.1 Å². The molecule has 10 nitrogen and oxygen atoms in total. The van der Waals surface area contributed by atoms with Crippen LogP contribution in [0.1, 0.15) is 12.0 Å². The maximum Gasteiger partial charge on any atom is 0.286 e. The number of carbonyl (C=O) groups is 1. The van der Waals surface area contributed by atoms with Gasteiger partial charge in [-0.2, -0.15) is 8.42 Å². The fraction of sp³-hybridized carbons (Fsp3) is 0.200. The van der Waals surface area contributed by atoms with Gasteiger partial charge in [-0.3, -0.25) is 9.52 Å². The van der Waals surface area contributed by atoms with Gasteiger partial charge in [-0.1, -0.05) is 12.1 Å². The summed E-state index contributed by atoms with van der Waals surface area (Å²) in [5, 5.41) is 13.1. The van der Waals surface area contributed by atoms with Gasteiger partial charge < -0.3 is 15.3 Å². The van der Waals surface area contributed by atoms with Crippen molar-refractivity contribution in [2.75, 3.05) is 22.8 Å². The lowest BCUT2D eigenvalue weighted by Gasteiger charge is -2.30. The Morgan fingerprint density at radius 1 is 1.21 bits per heavy atom. The maximum atomic E-state index is 13.2. The molecular formula is C20H19FN4O6S2. The predicted molar refractivity (Wildman–Crippen MR) is 119 cm³/mol. The maximum absolute atomic E-state index is 13.2. The molecule has 13 heteroatoms. The van der Waals surface area contributed by atoms with E-state index in [1.807, 2.05) is 0 Å². The molecule has 4 rings (SSSR count). The minimum atomic E-state index is -4.31. The molecule has 2 aliphatic heterocycles. The Hall–Kier alpha value is -3.45. The third-order valence-corrected chi connectivity index (χ3v) is 6.88. The number of amidine groups is 1. The molecule has 0 atom stereocenters. The number of nitrogens with zero attached hydrogens (tertiary/aromatic N) is 2. The fourth-order valence-corrected chi connectivity index (χ4v) is 5.20. The summed E-state index contributed by atoms with van der Waals surface area (Å²) >= 11 is 0. The van der Waals surface area contributed by atoms with Crippen LogP contribution in [0.5, 0.6) is 0 Å². The number of carbonyl (C=O) groups excluding carboxylic acids is 1. The lowest BCUT2D eigenvalue weighted by molar-refractivity contribution is -0.128. The Labute approximate surface area is 189 Å². The lowest BCUT2D eigenvalue weighted by atomic mass is 10.0. The molecule has 2 heterocycles. The minimum absolute atomic E-state index is 0.0292. The highest BCUT2D eigenvalue weighted by atomic mass is 32.2. The van der Waals surface area contributed by atoms with E-state index in [4.69, 9.17) is 0 Å². The van der Waals surface area contributed by atoms with E-state index in [0.29, 0.717) is 5.56 Å². The van der Waals surface area contributed by atoms with Gasteiger partial charge in [0.15, 0.2) is 5.84 Å². The van der Waals surface area contributed by atoms with Crippen LogP contribution in [-0.4, -0.2) is 51.4 Å². The molecule has 2 aliphatic rings. The van der Waals surface area contributed by atoms with E-state index >= 15 is 0 Å². The summed E-state index contributed by atoms with van der Waals surface area (Å²) in [6.07, 6.45) is 1.00. The number of nitrogens with one attached hydrogen (secondary N) is 2. The molecule has 2 aromatic rings. The van der Waals surface area contributed by atoms with Gasteiger partial charge in [-0.05, 0) is 35.9 Å². The Kier molecular flexibility index (Phi) is 5.62. The molecule has 0 fully saturated rings. The van der Waals surface area contributed by atoms with E-state index in [9.17, 15) is 31.1 Å². The standard InChI is InChI=1S/C20H19FN4O6S2/c1-32(28,29)23-14-6-7-15-17(10-14)33(30,31)24-19(22-15)18-16(26)8-9-25(20(18)27)11-12-2-4-13(21)5-3-12/h2-7,10,23,26H,8-9,11H2,1H3,(H,22,24). The van der Waals surface area contributed by atoms with Crippen LogP contribution >= 0.6 is 0 Å².